The van der Waals surface area contributed by atoms with Gasteiger partial charge in [0.05, 0.1) is 6.54 Å². The molecule has 1 nitrogen and oxygen atoms in total. The molecule has 7 heteroatoms. The third-order valence-corrected chi connectivity index (χ3v) is 1.19. The Kier molecular flexibility index (Phi) is 6.61. The van der Waals surface area contributed by atoms with Gasteiger partial charge in [-0.15, -0.1) is 12.4 Å². The molecule has 0 aliphatic carbocycles. The lowest BCUT2D eigenvalue weighted by Gasteiger charge is -2.19. The number of alkyl halides is 5. The van der Waals surface area contributed by atoms with Gasteiger partial charge in [-0.3, -0.25) is 0 Å². The van der Waals surface area contributed by atoms with Gasteiger partial charge in [0.25, 0.3) is 0 Å². The average Bonchev–Trinajstić information content (AvgIpc) is 1.85. The molecule has 0 aromatic rings. The van der Waals surface area contributed by atoms with E-state index in [0.717, 1.165) is 0 Å². The Morgan fingerprint density at radius 2 is 1.54 bits per heavy atom. The van der Waals surface area contributed by atoms with Gasteiger partial charge in [-0.25, -0.2) is 0 Å². The number of hydrogen-bond donors (Lipinski definition) is 1. The molecule has 0 aromatic carbocycles. The highest BCUT2D eigenvalue weighted by Crippen LogP contribution is 2.34. The van der Waals surface area contributed by atoms with E-state index in [1.807, 2.05) is 5.32 Å². The van der Waals surface area contributed by atoms with Gasteiger partial charge in [0.2, 0.25) is 0 Å². The molecule has 0 spiro atoms. The summed E-state index contributed by atoms with van der Waals surface area (Å²) in [6.45, 7) is 0.495. The second-order valence-corrected chi connectivity index (χ2v) is 2.38. The first-order chi connectivity index (χ1) is 5.31. The van der Waals surface area contributed by atoms with E-state index in [0.29, 0.717) is 6.42 Å². The van der Waals surface area contributed by atoms with Gasteiger partial charge < -0.3 is 5.32 Å². The molecule has 0 fully saturated rings. The highest BCUT2D eigenvalue weighted by Gasteiger charge is 2.56. The number of rotatable bonds is 4. The molecule has 0 radical (unpaired) electrons. The van der Waals surface area contributed by atoms with Crippen LogP contribution in [0.4, 0.5) is 22.0 Å². The predicted octanol–water partition coefficient (Wildman–Crippen LogP) is 2.61. The maximum absolute atomic E-state index is 12.1. The summed E-state index contributed by atoms with van der Waals surface area (Å²) in [5.41, 5.74) is 0. The molecule has 0 bridgehead atoms. The van der Waals surface area contributed by atoms with E-state index in [9.17, 15) is 22.0 Å². The second kappa shape index (κ2) is 5.59. The SMILES string of the molecule is CCCNCC(F)(F)C(F)(F)F.Cl. The third-order valence-electron chi connectivity index (χ3n) is 1.19. The van der Waals surface area contributed by atoms with Crippen molar-refractivity contribution in [1.82, 2.24) is 5.32 Å². The summed E-state index contributed by atoms with van der Waals surface area (Å²) in [6, 6.07) is 0. The lowest BCUT2D eigenvalue weighted by molar-refractivity contribution is -0.279. The summed E-state index contributed by atoms with van der Waals surface area (Å²) in [5, 5.41) is 2.01. The van der Waals surface area contributed by atoms with E-state index < -0.39 is 18.6 Å². The Hall–Kier alpha value is -0.100. The molecule has 0 heterocycles. The maximum Gasteiger partial charge on any atom is 0.454 e. The Labute approximate surface area is 79.1 Å². The lowest BCUT2D eigenvalue weighted by Crippen LogP contribution is -2.45. The van der Waals surface area contributed by atoms with Crippen molar-refractivity contribution in [2.24, 2.45) is 0 Å². The van der Waals surface area contributed by atoms with Crippen molar-refractivity contribution in [2.45, 2.75) is 25.4 Å². The van der Waals surface area contributed by atoms with Crippen LogP contribution < -0.4 is 5.32 Å². The number of halogens is 6. The maximum atomic E-state index is 12.1. The quantitative estimate of drug-likeness (QED) is 0.575. The first-order valence-electron chi connectivity index (χ1n) is 3.46. The van der Waals surface area contributed by atoms with Gasteiger partial charge in [-0.2, -0.15) is 22.0 Å². The fraction of sp³-hybridized carbons (Fsp3) is 1.00. The van der Waals surface area contributed by atoms with Gasteiger partial charge in [0.1, 0.15) is 0 Å². The zero-order chi connectivity index (χ0) is 9.83. The van der Waals surface area contributed by atoms with Gasteiger partial charge in [0.15, 0.2) is 0 Å². The van der Waals surface area contributed by atoms with Crippen LogP contribution in [0.15, 0.2) is 0 Å². The van der Waals surface area contributed by atoms with Gasteiger partial charge in [-0.1, -0.05) is 6.92 Å². The summed E-state index contributed by atoms with van der Waals surface area (Å²) >= 11 is 0. The average molecular weight is 228 g/mol. The normalized spacial score (nSPS) is 12.5. The summed E-state index contributed by atoms with van der Waals surface area (Å²) in [5.74, 6) is -4.62. The topological polar surface area (TPSA) is 12.0 Å². The van der Waals surface area contributed by atoms with Crippen molar-refractivity contribution in [3.63, 3.8) is 0 Å². The Bertz CT molecular complexity index is 135. The predicted molar refractivity (Wildman–Crippen MR) is 41.4 cm³/mol. The highest BCUT2D eigenvalue weighted by atomic mass is 35.5. The van der Waals surface area contributed by atoms with E-state index in [4.69, 9.17) is 0 Å². The minimum absolute atomic E-state index is 0. The van der Waals surface area contributed by atoms with Crippen molar-refractivity contribution >= 4 is 12.4 Å². The van der Waals surface area contributed by atoms with Crippen LogP contribution in [0.5, 0.6) is 0 Å². The van der Waals surface area contributed by atoms with Crippen molar-refractivity contribution in [3.05, 3.63) is 0 Å². The second-order valence-electron chi connectivity index (χ2n) is 2.38. The first kappa shape index (κ1) is 15.4. The van der Waals surface area contributed by atoms with Crippen LogP contribution in [0.25, 0.3) is 0 Å². The van der Waals surface area contributed by atoms with Crippen LogP contribution in [0.3, 0.4) is 0 Å². The Morgan fingerprint density at radius 1 is 1.08 bits per heavy atom. The number of nitrogens with one attached hydrogen (secondary N) is 1. The van der Waals surface area contributed by atoms with Crippen LogP contribution in [0, 0.1) is 0 Å². The van der Waals surface area contributed by atoms with E-state index in [2.05, 4.69) is 0 Å². The van der Waals surface area contributed by atoms with E-state index >= 15 is 0 Å². The molecular formula is C6H11ClF5N. The fourth-order valence-corrected chi connectivity index (χ4v) is 0.522. The van der Waals surface area contributed by atoms with Crippen molar-refractivity contribution in [1.29, 1.82) is 0 Å². The standard InChI is InChI=1S/C6H10F5N.ClH/c1-2-3-12-4-5(7,8)6(9,10)11;/h12H,2-4H2,1H3;1H. The molecule has 0 aliphatic heterocycles. The molecule has 1 N–H and O–H groups in total. The molecule has 0 unspecified atom stereocenters. The highest BCUT2D eigenvalue weighted by molar-refractivity contribution is 5.85. The molecule has 0 rings (SSSR count). The first-order valence-corrected chi connectivity index (χ1v) is 3.46. The van der Waals surface area contributed by atoms with E-state index in [1.165, 1.54) is 0 Å². The molecule has 82 valence electrons. The van der Waals surface area contributed by atoms with Gasteiger partial charge in [-0.05, 0) is 13.0 Å². The van der Waals surface area contributed by atoms with Crippen molar-refractivity contribution in [3.8, 4) is 0 Å². The van der Waals surface area contributed by atoms with E-state index in [1.54, 1.807) is 6.92 Å². The smallest absolute Gasteiger partial charge is 0.311 e. The zero-order valence-corrected chi connectivity index (χ0v) is 7.74. The summed E-state index contributed by atoms with van der Waals surface area (Å²) in [4.78, 5) is 0. The molecule has 0 aromatic heterocycles. The van der Waals surface area contributed by atoms with Crippen LogP contribution in [-0.4, -0.2) is 25.2 Å². The number of hydrogen-bond acceptors (Lipinski definition) is 1. The molecule has 0 amide bonds. The third kappa shape index (κ3) is 5.25. The molecule has 0 saturated heterocycles. The molecule has 0 aliphatic rings. The lowest BCUT2D eigenvalue weighted by atomic mass is 10.3. The summed E-state index contributed by atoms with van der Waals surface area (Å²) in [6.07, 6.45) is -4.93. The monoisotopic (exact) mass is 227 g/mol. The largest absolute Gasteiger partial charge is 0.454 e. The molecule has 13 heavy (non-hydrogen) atoms. The van der Waals surface area contributed by atoms with Crippen LogP contribution in [0.2, 0.25) is 0 Å². The minimum Gasteiger partial charge on any atom is -0.311 e. The van der Waals surface area contributed by atoms with Gasteiger partial charge in [0, 0.05) is 0 Å². The minimum atomic E-state index is -5.45. The van der Waals surface area contributed by atoms with Crippen LogP contribution in [0.1, 0.15) is 13.3 Å². The van der Waals surface area contributed by atoms with E-state index in [-0.39, 0.29) is 19.0 Å². The zero-order valence-electron chi connectivity index (χ0n) is 6.92. The van der Waals surface area contributed by atoms with Crippen molar-refractivity contribution < 1.29 is 22.0 Å². The fourth-order valence-electron chi connectivity index (χ4n) is 0.522. The Morgan fingerprint density at radius 3 is 1.85 bits per heavy atom. The summed E-state index contributed by atoms with van der Waals surface area (Å²) in [7, 11) is 0. The molecule has 0 atom stereocenters. The van der Waals surface area contributed by atoms with Crippen molar-refractivity contribution in [2.75, 3.05) is 13.1 Å². The summed E-state index contributed by atoms with van der Waals surface area (Å²) < 4.78 is 58.5. The Balaban J connectivity index is 0. The van der Waals surface area contributed by atoms with Gasteiger partial charge >= 0.3 is 12.1 Å². The molecule has 0 saturated carbocycles. The van der Waals surface area contributed by atoms with Crippen LogP contribution >= 0.6 is 12.4 Å². The van der Waals surface area contributed by atoms with Crippen LogP contribution in [-0.2, 0) is 0 Å². The molecular weight excluding hydrogens is 217 g/mol.